The number of carbonyl (C=O) groups excluding carboxylic acids is 6. The standard InChI is InChI=1S/C44H37Cl5N8O7/c1-23(58)39(56-54-34-16-8-12-29(37(34)48)41(60)51-31-14-6-4-10-26(31)21-45)43(62)50-28-18-19-33(36(20-28)64-25(3)47)53-44(63)40(24(2)59)57-55-35-17-9-13-30(38(35)49)42(61)52-32-15-7-5-11-27(32)22-46/h4-20,25,39-40H,21-22H2,1-3H3,(H,50,62)(H,51,60)(H,52,61)(H,53,63). The van der Waals surface area contributed by atoms with E-state index in [2.05, 4.69) is 41.7 Å². The fourth-order valence-corrected chi connectivity index (χ4v) is 6.77. The Morgan fingerprint density at radius 2 is 1.03 bits per heavy atom. The van der Waals surface area contributed by atoms with Gasteiger partial charge in [0.1, 0.15) is 17.1 Å². The Balaban J connectivity index is 1.30. The molecule has 0 fully saturated rings. The monoisotopic (exact) mass is 964 g/mol. The summed E-state index contributed by atoms with van der Waals surface area (Å²) in [5, 5.41) is 26.4. The van der Waals surface area contributed by atoms with Crippen molar-refractivity contribution in [2.24, 2.45) is 20.5 Å². The van der Waals surface area contributed by atoms with Gasteiger partial charge in [-0.2, -0.15) is 20.5 Å². The largest absolute Gasteiger partial charge is 0.473 e. The number of nitrogens with zero attached hydrogens (tertiary/aromatic N) is 4. The third-order valence-corrected chi connectivity index (χ3v) is 10.3. The highest BCUT2D eigenvalue weighted by atomic mass is 35.5. The molecule has 4 N–H and O–H groups in total. The molecule has 0 saturated carbocycles. The van der Waals surface area contributed by atoms with Gasteiger partial charge in [0.15, 0.2) is 17.1 Å². The number of anilines is 4. The van der Waals surface area contributed by atoms with Gasteiger partial charge in [-0.25, -0.2) is 0 Å². The minimum Gasteiger partial charge on any atom is -0.473 e. The number of amides is 4. The van der Waals surface area contributed by atoms with E-state index in [1.807, 2.05) is 0 Å². The fourth-order valence-electron chi connectivity index (χ4n) is 5.71. The minimum absolute atomic E-state index is 0.00632. The number of para-hydroxylation sites is 2. The summed E-state index contributed by atoms with van der Waals surface area (Å²) in [5.74, 6) is -3.99. The van der Waals surface area contributed by atoms with E-state index in [1.54, 1.807) is 48.5 Å². The number of hydrogen-bond acceptors (Lipinski definition) is 11. The van der Waals surface area contributed by atoms with Crippen LogP contribution < -0.4 is 26.0 Å². The van der Waals surface area contributed by atoms with Gasteiger partial charge >= 0.3 is 0 Å². The van der Waals surface area contributed by atoms with Crippen molar-refractivity contribution in [2.45, 2.75) is 50.2 Å². The Labute approximate surface area is 391 Å². The van der Waals surface area contributed by atoms with Crippen LogP contribution in [0.1, 0.15) is 52.6 Å². The van der Waals surface area contributed by atoms with Crippen LogP contribution in [0.25, 0.3) is 0 Å². The molecule has 5 rings (SSSR count). The fraction of sp³-hybridized carbons (Fsp3) is 0.182. The predicted octanol–water partition coefficient (Wildman–Crippen LogP) is 11.3. The number of carbonyl (C=O) groups is 6. The molecule has 5 aromatic rings. The molecule has 4 amide bonds. The van der Waals surface area contributed by atoms with E-state index in [9.17, 15) is 28.8 Å². The maximum absolute atomic E-state index is 13.5. The Hall–Kier alpha value is -6.23. The Morgan fingerprint density at radius 3 is 1.47 bits per heavy atom. The van der Waals surface area contributed by atoms with E-state index in [-0.39, 0.29) is 61.4 Å². The van der Waals surface area contributed by atoms with E-state index in [4.69, 9.17) is 62.7 Å². The lowest BCUT2D eigenvalue weighted by Crippen LogP contribution is -2.32. The molecule has 0 aliphatic rings. The first-order valence-electron chi connectivity index (χ1n) is 19.0. The Kier molecular flexibility index (Phi) is 17.5. The molecule has 0 spiro atoms. The summed E-state index contributed by atoms with van der Waals surface area (Å²) < 4.78 is 5.69. The Morgan fingerprint density at radius 1 is 0.578 bits per heavy atom. The highest BCUT2D eigenvalue weighted by molar-refractivity contribution is 6.37. The smallest absolute Gasteiger partial charge is 0.258 e. The van der Waals surface area contributed by atoms with Crippen molar-refractivity contribution in [2.75, 3.05) is 21.3 Å². The minimum atomic E-state index is -1.68. The molecule has 0 aliphatic heterocycles. The summed E-state index contributed by atoms with van der Waals surface area (Å²) in [7, 11) is 0. The van der Waals surface area contributed by atoms with Crippen molar-refractivity contribution in [1.29, 1.82) is 0 Å². The summed E-state index contributed by atoms with van der Waals surface area (Å²) in [5.41, 5.74) is 1.66. The maximum Gasteiger partial charge on any atom is 0.258 e. The molecule has 0 radical (unpaired) electrons. The number of ketones is 2. The van der Waals surface area contributed by atoms with Gasteiger partial charge in [-0.1, -0.05) is 83.3 Å². The summed E-state index contributed by atoms with van der Waals surface area (Å²) >= 11 is 31.2. The molecule has 0 aromatic heterocycles. The number of azo groups is 2. The van der Waals surface area contributed by atoms with Crippen LogP contribution in [0.5, 0.6) is 5.75 Å². The van der Waals surface area contributed by atoms with Gasteiger partial charge in [0.2, 0.25) is 12.1 Å². The van der Waals surface area contributed by atoms with Crippen LogP contribution in [0.4, 0.5) is 34.1 Å². The number of halogens is 5. The van der Waals surface area contributed by atoms with E-state index in [1.165, 1.54) is 61.5 Å². The zero-order chi connectivity index (χ0) is 46.5. The molecule has 5 aromatic carbocycles. The van der Waals surface area contributed by atoms with Crippen molar-refractivity contribution < 1.29 is 33.5 Å². The zero-order valence-electron chi connectivity index (χ0n) is 34.0. The molecular formula is C44H37Cl5N8O7. The van der Waals surface area contributed by atoms with Gasteiger partial charge in [-0.05, 0) is 80.4 Å². The van der Waals surface area contributed by atoms with Crippen molar-refractivity contribution in [1.82, 2.24) is 0 Å². The number of nitrogens with one attached hydrogen (secondary N) is 4. The third-order valence-electron chi connectivity index (χ3n) is 8.89. The quantitative estimate of drug-likeness (QED) is 0.0379. The van der Waals surface area contributed by atoms with Crippen LogP contribution in [0, 0.1) is 0 Å². The molecular weight excluding hydrogens is 930 g/mol. The average Bonchev–Trinajstić information content (AvgIpc) is 3.25. The molecule has 0 aliphatic carbocycles. The molecule has 0 heterocycles. The topological polar surface area (TPSA) is 209 Å². The van der Waals surface area contributed by atoms with E-state index in [0.717, 1.165) is 13.8 Å². The van der Waals surface area contributed by atoms with Gasteiger partial charge in [0.05, 0.1) is 26.9 Å². The number of hydrogen-bond donors (Lipinski definition) is 4. The average molecular weight is 967 g/mol. The first kappa shape index (κ1) is 48.8. The van der Waals surface area contributed by atoms with Crippen LogP contribution in [-0.4, -0.2) is 52.8 Å². The number of benzene rings is 5. The molecule has 64 heavy (non-hydrogen) atoms. The van der Waals surface area contributed by atoms with Crippen LogP contribution in [0.2, 0.25) is 10.0 Å². The van der Waals surface area contributed by atoms with E-state index in [0.29, 0.717) is 22.5 Å². The molecule has 0 bridgehead atoms. The second-order valence-corrected chi connectivity index (χ2v) is 15.5. The third kappa shape index (κ3) is 12.7. The van der Waals surface area contributed by atoms with Crippen LogP contribution in [0.15, 0.2) is 124 Å². The normalized spacial score (nSPS) is 12.6. The van der Waals surface area contributed by atoms with Gasteiger partial charge in [0, 0.05) is 34.9 Å². The lowest BCUT2D eigenvalue weighted by molar-refractivity contribution is -0.127. The summed E-state index contributed by atoms with van der Waals surface area (Å²) in [6, 6.07) is 23.5. The van der Waals surface area contributed by atoms with Crippen molar-refractivity contribution in [3.05, 3.63) is 135 Å². The van der Waals surface area contributed by atoms with E-state index >= 15 is 0 Å². The number of rotatable bonds is 18. The van der Waals surface area contributed by atoms with Crippen LogP contribution >= 0.6 is 58.0 Å². The highest BCUT2D eigenvalue weighted by Crippen LogP contribution is 2.34. The molecule has 15 nitrogen and oxygen atoms in total. The first-order chi connectivity index (χ1) is 30.6. The first-order valence-corrected chi connectivity index (χ1v) is 21.2. The van der Waals surface area contributed by atoms with Gasteiger partial charge in [-0.3, -0.25) is 28.8 Å². The molecule has 0 saturated heterocycles. The zero-order valence-corrected chi connectivity index (χ0v) is 37.8. The van der Waals surface area contributed by atoms with Crippen LogP contribution in [0.3, 0.4) is 0 Å². The number of alkyl halides is 3. The lowest BCUT2D eigenvalue weighted by atomic mass is 10.1. The van der Waals surface area contributed by atoms with Crippen molar-refractivity contribution in [3.63, 3.8) is 0 Å². The van der Waals surface area contributed by atoms with Crippen molar-refractivity contribution >= 4 is 127 Å². The number of Topliss-reactive ketones (excluding diaryl/α,β-unsaturated/α-hetero) is 2. The summed E-state index contributed by atoms with van der Waals surface area (Å²) in [6.45, 7) is 3.77. The molecule has 20 heteroatoms. The van der Waals surface area contributed by atoms with Gasteiger partial charge in [0.25, 0.3) is 23.6 Å². The second kappa shape index (κ2) is 22.9. The Bertz CT molecular complexity index is 2660. The summed E-state index contributed by atoms with van der Waals surface area (Å²) in [6.07, 6.45) is 0. The van der Waals surface area contributed by atoms with E-state index < -0.39 is 52.8 Å². The van der Waals surface area contributed by atoms with Crippen molar-refractivity contribution in [3.8, 4) is 5.75 Å². The number of ether oxygens (including phenoxy) is 1. The lowest BCUT2D eigenvalue weighted by Gasteiger charge is -2.17. The van der Waals surface area contributed by atoms with Gasteiger partial charge in [-0.15, -0.1) is 23.2 Å². The SMILES string of the molecule is CC(=O)C(N=Nc1cccc(C(=O)Nc2ccccc2CCl)c1Cl)C(=O)Nc1ccc(NC(=O)C(N=Nc2cccc(C(=O)Nc3ccccc3CCl)c2Cl)C(C)=O)c(OC(C)Cl)c1. The molecule has 3 unspecified atom stereocenters. The molecule has 3 atom stereocenters. The second-order valence-electron chi connectivity index (χ2n) is 13.6. The van der Waals surface area contributed by atoms with Crippen LogP contribution in [-0.2, 0) is 30.9 Å². The molecule has 330 valence electrons. The van der Waals surface area contributed by atoms with Gasteiger partial charge < -0.3 is 26.0 Å². The maximum atomic E-state index is 13.5. The highest BCUT2D eigenvalue weighted by Gasteiger charge is 2.27. The predicted molar refractivity (Wildman–Crippen MR) is 248 cm³/mol. The summed E-state index contributed by atoms with van der Waals surface area (Å²) in [4.78, 5) is 78.5.